The van der Waals surface area contributed by atoms with E-state index in [-0.39, 0.29) is 10.6 Å². The van der Waals surface area contributed by atoms with Crippen molar-refractivity contribution in [3.05, 3.63) is 70.5 Å². The SMILES string of the molecule is CSc1ccc(F)c(C(=O)NC(=O)C2(C)C=C(c3ccccc3)NO2)c1Cl. The summed E-state index contributed by atoms with van der Waals surface area (Å²) in [5.41, 5.74) is 2.28. The smallest absolute Gasteiger partial charge is 0.265 e. The second-order valence-corrected chi connectivity index (χ2v) is 7.18. The van der Waals surface area contributed by atoms with Crippen LogP contribution in [0.2, 0.25) is 5.02 Å². The maximum absolute atomic E-state index is 14.1. The maximum Gasteiger partial charge on any atom is 0.265 e. The van der Waals surface area contributed by atoms with Crippen molar-refractivity contribution in [1.82, 2.24) is 10.8 Å². The van der Waals surface area contributed by atoms with Crippen LogP contribution >= 0.6 is 23.4 Å². The molecular formula is C19H16ClFN2O3S. The Hall–Kier alpha value is -2.35. The van der Waals surface area contributed by atoms with E-state index in [0.717, 1.165) is 11.6 Å². The molecular weight excluding hydrogens is 391 g/mol. The van der Waals surface area contributed by atoms with Gasteiger partial charge in [0.1, 0.15) is 5.82 Å². The average molecular weight is 407 g/mol. The predicted molar refractivity (Wildman–Crippen MR) is 103 cm³/mol. The van der Waals surface area contributed by atoms with Crippen molar-refractivity contribution < 1.29 is 18.8 Å². The first-order valence-corrected chi connectivity index (χ1v) is 9.56. The highest BCUT2D eigenvalue weighted by atomic mass is 35.5. The molecule has 5 nitrogen and oxygen atoms in total. The van der Waals surface area contributed by atoms with E-state index >= 15 is 0 Å². The Balaban J connectivity index is 1.82. The van der Waals surface area contributed by atoms with E-state index in [4.69, 9.17) is 16.4 Å². The molecule has 0 aromatic heterocycles. The van der Waals surface area contributed by atoms with Gasteiger partial charge >= 0.3 is 0 Å². The molecule has 2 aromatic carbocycles. The average Bonchev–Trinajstić information content (AvgIpc) is 3.06. The lowest BCUT2D eigenvalue weighted by molar-refractivity contribution is -0.140. The fourth-order valence-corrected chi connectivity index (χ4v) is 3.51. The van der Waals surface area contributed by atoms with Gasteiger partial charge in [0, 0.05) is 4.90 Å². The molecule has 2 aromatic rings. The Morgan fingerprint density at radius 2 is 1.93 bits per heavy atom. The lowest BCUT2D eigenvalue weighted by Crippen LogP contribution is -2.47. The number of imide groups is 1. The lowest BCUT2D eigenvalue weighted by atomic mass is 10.0. The van der Waals surface area contributed by atoms with Gasteiger partial charge < -0.3 is 0 Å². The Kier molecular flexibility index (Phi) is 5.55. The van der Waals surface area contributed by atoms with Crippen LogP contribution in [0, 0.1) is 5.82 Å². The van der Waals surface area contributed by atoms with Gasteiger partial charge in [0.15, 0.2) is 5.60 Å². The van der Waals surface area contributed by atoms with Crippen molar-refractivity contribution in [2.24, 2.45) is 0 Å². The molecule has 2 amide bonds. The molecule has 2 N–H and O–H groups in total. The molecule has 1 unspecified atom stereocenters. The van der Waals surface area contributed by atoms with Gasteiger partial charge in [0.2, 0.25) is 0 Å². The summed E-state index contributed by atoms with van der Waals surface area (Å²) in [7, 11) is 0. The largest absolute Gasteiger partial charge is 0.289 e. The van der Waals surface area contributed by atoms with Crippen molar-refractivity contribution in [1.29, 1.82) is 0 Å². The normalized spacial score (nSPS) is 18.6. The number of carbonyl (C=O) groups excluding carboxylic acids is 2. The summed E-state index contributed by atoms with van der Waals surface area (Å²) in [5.74, 6) is -2.47. The number of nitrogens with one attached hydrogen (secondary N) is 2. The maximum atomic E-state index is 14.1. The molecule has 140 valence electrons. The molecule has 0 radical (unpaired) electrons. The van der Waals surface area contributed by atoms with Gasteiger partial charge in [-0.25, -0.2) is 4.39 Å². The van der Waals surface area contributed by atoms with E-state index in [2.05, 4.69) is 10.8 Å². The quantitative estimate of drug-likeness (QED) is 0.597. The summed E-state index contributed by atoms with van der Waals surface area (Å²) in [6.45, 7) is 1.49. The zero-order valence-electron chi connectivity index (χ0n) is 14.5. The van der Waals surface area contributed by atoms with Crippen molar-refractivity contribution in [2.75, 3.05) is 6.26 Å². The predicted octanol–water partition coefficient (Wildman–Crippen LogP) is 3.79. The van der Waals surface area contributed by atoms with Crippen molar-refractivity contribution in [3.63, 3.8) is 0 Å². The number of rotatable bonds is 4. The van der Waals surface area contributed by atoms with Gasteiger partial charge in [-0.2, -0.15) is 0 Å². The van der Waals surface area contributed by atoms with Gasteiger partial charge in [-0.05, 0) is 37.0 Å². The minimum absolute atomic E-state index is 0.0380. The molecule has 0 saturated carbocycles. The fourth-order valence-electron chi connectivity index (χ4n) is 2.56. The molecule has 8 heteroatoms. The number of hydroxylamine groups is 1. The Morgan fingerprint density at radius 3 is 2.59 bits per heavy atom. The minimum atomic E-state index is -1.44. The summed E-state index contributed by atoms with van der Waals surface area (Å²) in [4.78, 5) is 31.0. The second-order valence-electron chi connectivity index (χ2n) is 5.96. The molecule has 1 atom stereocenters. The van der Waals surface area contributed by atoms with Gasteiger partial charge in [-0.15, -0.1) is 11.8 Å². The number of benzene rings is 2. The zero-order valence-corrected chi connectivity index (χ0v) is 16.1. The van der Waals surface area contributed by atoms with Crippen LogP contribution in [0.1, 0.15) is 22.8 Å². The van der Waals surface area contributed by atoms with Gasteiger partial charge in [0.05, 0.1) is 16.3 Å². The molecule has 0 saturated heterocycles. The highest BCUT2D eigenvalue weighted by Crippen LogP contribution is 2.31. The number of hydrogen-bond acceptors (Lipinski definition) is 5. The van der Waals surface area contributed by atoms with Crippen LogP contribution in [0.3, 0.4) is 0 Å². The third kappa shape index (κ3) is 3.85. The van der Waals surface area contributed by atoms with Crippen LogP contribution in [-0.2, 0) is 9.63 Å². The molecule has 1 aliphatic rings. The summed E-state index contributed by atoms with van der Waals surface area (Å²) in [6.07, 6.45) is 3.31. The van der Waals surface area contributed by atoms with Gasteiger partial charge in [0.25, 0.3) is 11.8 Å². The Bertz CT molecular complexity index is 936. The first-order chi connectivity index (χ1) is 12.9. The van der Waals surface area contributed by atoms with Crippen LogP contribution in [-0.4, -0.2) is 23.7 Å². The second kappa shape index (κ2) is 7.72. The van der Waals surface area contributed by atoms with Crippen LogP contribution < -0.4 is 10.8 Å². The molecule has 27 heavy (non-hydrogen) atoms. The third-order valence-corrected chi connectivity index (χ3v) is 5.34. The molecule has 3 rings (SSSR count). The zero-order chi connectivity index (χ0) is 19.6. The van der Waals surface area contributed by atoms with E-state index in [1.165, 1.54) is 24.8 Å². The summed E-state index contributed by atoms with van der Waals surface area (Å²) in [5, 5.41) is 2.12. The van der Waals surface area contributed by atoms with Gasteiger partial charge in [-0.3, -0.25) is 25.2 Å². The highest BCUT2D eigenvalue weighted by Gasteiger charge is 2.39. The van der Waals surface area contributed by atoms with Crippen LogP contribution in [0.15, 0.2) is 53.4 Å². The van der Waals surface area contributed by atoms with Gasteiger partial charge in [-0.1, -0.05) is 41.9 Å². The molecule has 1 aliphatic heterocycles. The standard InChI is InChI=1S/C19H16ClFN2O3S/c1-19(10-13(23-26-19)11-6-4-3-5-7-11)18(25)22-17(24)15-12(21)8-9-14(27-2)16(15)20/h3-10,23H,1-2H3,(H,22,24,25). The first-order valence-electron chi connectivity index (χ1n) is 7.96. The number of halogens is 2. The monoisotopic (exact) mass is 406 g/mol. The van der Waals surface area contributed by atoms with E-state index in [0.29, 0.717) is 10.6 Å². The van der Waals surface area contributed by atoms with E-state index in [9.17, 15) is 14.0 Å². The van der Waals surface area contributed by atoms with E-state index in [1.54, 1.807) is 12.3 Å². The van der Waals surface area contributed by atoms with E-state index in [1.807, 2.05) is 30.3 Å². The van der Waals surface area contributed by atoms with Crippen molar-refractivity contribution in [2.45, 2.75) is 17.4 Å². The van der Waals surface area contributed by atoms with Crippen molar-refractivity contribution >= 4 is 40.9 Å². The number of amides is 2. The fraction of sp³-hybridized carbons (Fsp3) is 0.158. The highest BCUT2D eigenvalue weighted by molar-refractivity contribution is 7.98. The first kappa shape index (κ1) is 19.4. The number of carbonyl (C=O) groups is 2. The minimum Gasteiger partial charge on any atom is -0.289 e. The van der Waals surface area contributed by atoms with E-state index < -0.39 is 23.2 Å². The molecule has 0 aliphatic carbocycles. The summed E-state index contributed by atoms with van der Waals surface area (Å²) >= 11 is 7.37. The molecule has 0 bridgehead atoms. The third-order valence-electron chi connectivity index (χ3n) is 4.06. The number of hydrogen-bond donors (Lipinski definition) is 2. The topological polar surface area (TPSA) is 67.4 Å². The summed E-state index contributed by atoms with van der Waals surface area (Å²) in [6, 6.07) is 11.9. The van der Waals surface area contributed by atoms with Crippen LogP contribution in [0.5, 0.6) is 0 Å². The summed E-state index contributed by atoms with van der Waals surface area (Å²) < 4.78 is 14.1. The van der Waals surface area contributed by atoms with Crippen LogP contribution in [0.25, 0.3) is 5.70 Å². The lowest BCUT2D eigenvalue weighted by Gasteiger charge is -2.19. The molecule has 1 heterocycles. The molecule has 0 spiro atoms. The number of thioether (sulfide) groups is 1. The Morgan fingerprint density at radius 1 is 1.22 bits per heavy atom. The Labute approximate surface area is 164 Å². The van der Waals surface area contributed by atoms with Crippen LogP contribution in [0.4, 0.5) is 4.39 Å². The van der Waals surface area contributed by atoms with Crippen molar-refractivity contribution in [3.8, 4) is 0 Å². The molecule has 0 fully saturated rings.